The molecular formula is C18H34O5. The average Bonchev–Trinajstić information content (AvgIpc) is 2.88. The van der Waals surface area contributed by atoms with Crippen LogP contribution in [0, 0.1) is 0 Å². The first-order valence-corrected chi connectivity index (χ1v) is 9.05. The molecule has 4 atom stereocenters. The first kappa shape index (κ1) is 20.6. The molecule has 0 radical (unpaired) electrons. The van der Waals surface area contributed by atoms with Gasteiger partial charge < -0.3 is 24.8 Å². The second kappa shape index (κ2) is 12.9. The van der Waals surface area contributed by atoms with E-state index in [0.717, 1.165) is 19.3 Å². The lowest BCUT2D eigenvalue weighted by Crippen LogP contribution is -2.40. The number of aliphatic hydroxyl groups is 3. The van der Waals surface area contributed by atoms with Gasteiger partial charge in [0.25, 0.3) is 0 Å². The molecule has 5 nitrogen and oxygen atoms in total. The van der Waals surface area contributed by atoms with Crippen LogP contribution in [0.5, 0.6) is 0 Å². The van der Waals surface area contributed by atoms with Crippen LogP contribution in [0.2, 0.25) is 0 Å². The molecule has 1 saturated heterocycles. The Hall–Kier alpha value is -0.460. The van der Waals surface area contributed by atoms with Crippen molar-refractivity contribution in [2.45, 2.75) is 82.7 Å². The monoisotopic (exact) mass is 330 g/mol. The molecule has 1 heterocycles. The summed E-state index contributed by atoms with van der Waals surface area (Å²) >= 11 is 0. The Morgan fingerprint density at radius 3 is 2.43 bits per heavy atom. The van der Waals surface area contributed by atoms with E-state index in [9.17, 15) is 15.3 Å². The number of hydrogen-bond acceptors (Lipinski definition) is 5. The van der Waals surface area contributed by atoms with Crippen LogP contribution in [0.15, 0.2) is 12.2 Å². The predicted molar refractivity (Wildman–Crippen MR) is 90.3 cm³/mol. The highest BCUT2D eigenvalue weighted by atomic mass is 16.5. The van der Waals surface area contributed by atoms with Crippen molar-refractivity contribution in [2.75, 3.05) is 19.8 Å². The van der Waals surface area contributed by atoms with E-state index < -0.39 is 24.4 Å². The molecular weight excluding hydrogens is 296 g/mol. The molecule has 0 aromatic heterocycles. The number of unbranched alkanes of at least 4 members (excludes halogenated alkanes) is 6. The second-order valence-corrected chi connectivity index (χ2v) is 6.29. The number of hydrogen-bond donors (Lipinski definition) is 3. The van der Waals surface area contributed by atoms with Crippen LogP contribution < -0.4 is 0 Å². The Kier molecular flexibility index (Phi) is 11.5. The number of allylic oxidation sites excluding steroid dienone is 2. The summed E-state index contributed by atoms with van der Waals surface area (Å²) in [4.78, 5) is 0. The first-order chi connectivity index (χ1) is 11.2. The van der Waals surface area contributed by atoms with Crippen molar-refractivity contribution in [3.63, 3.8) is 0 Å². The average molecular weight is 330 g/mol. The van der Waals surface area contributed by atoms with Crippen LogP contribution in [0.1, 0.15) is 58.3 Å². The highest BCUT2D eigenvalue weighted by Crippen LogP contribution is 2.18. The highest BCUT2D eigenvalue weighted by Gasteiger charge is 2.39. The van der Waals surface area contributed by atoms with E-state index in [1.807, 2.05) is 0 Å². The summed E-state index contributed by atoms with van der Waals surface area (Å²) in [6.45, 7) is 2.97. The van der Waals surface area contributed by atoms with Crippen molar-refractivity contribution in [1.82, 2.24) is 0 Å². The van der Waals surface area contributed by atoms with E-state index >= 15 is 0 Å². The fourth-order valence-electron chi connectivity index (χ4n) is 2.72. The summed E-state index contributed by atoms with van der Waals surface area (Å²) in [7, 11) is 0. The molecule has 0 spiro atoms. The van der Waals surface area contributed by atoms with Crippen LogP contribution in [-0.4, -0.2) is 59.6 Å². The van der Waals surface area contributed by atoms with Gasteiger partial charge in [-0.2, -0.15) is 0 Å². The quantitative estimate of drug-likeness (QED) is 0.356. The van der Waals surface area contributed by atoms with Gasteiger partial charge in [0.2, 0.25) is 0 Å². The zero-order valence-electron chi connectivity index (χ0n) is 14.4. The smallest absolute Gasteiger partial charge is 0.114 e. The summed E-state index contributed by atoms with van der Waals surface area (Å²) in [5.41, 5.74) is 0. The molecule has 0 saturated carbocycles. The Morgan fingerprint density at radius 1 is 1.09 bits per heavy atom. The Balaban J connectivity index is 1.87. The van der Waals surface area contributed by atoms with Crippen LogP contribution >= 0.6 is 0 Å². The molecule has 23 heavy (non-hydrogen) atoms. The third-order valence-electron chi connectivity index (χ3n) is 4.17. The summed E-state index contributed by atoms with van der Waals surface area (Å²) in [6.07, 6.45) is 10.4. The Morgan fingerprint density at radius 2 is 1.78 bits per heavy atom. The fourth-order valence-corrected chi connectivity index (χ4v) is 2.72. The van der Waals surface area contributed by atoms with Crippen molar-refractivity contribution >= 4 is 0 Å². The van der Waals surface area contributed by atoms with Gasteiger partial charge in [-0.1, -0.05) is 44.8 Å². The first-order valence-electron chi connectivity index (χ1n) is 9.05. The number of rotatable bonds is 13. The fraction of sp³-hybridized carbons (Fsp3) is 0.889. The van der Waals surface area contributed by atoms with Crippen LogP contribution in [0.3, 0.4) is 0 Å². The molecule has 1 aliphatic rings. The molecule has 5 heteroatoms. The van der Waals surface area contributed by atoms with E-state index in [-0.39, 0.29) is 13.2 Å². The summed E-state index contributed by atoms with van der Waals surface area (Å²) in [5, 5.41) is 28.9. The molecule has 136 valence electrons. The normalized spacial score (nSPS) is 26.2. The molecule has 1 aliphatic heterocycles. The molecule has 0 unspecified atom stereocenters. The lowest BCUT2D eigenvalue weighted by Gasteiger charge is -2.20. The zero-order chi connectivity index (χ0) is 16.9. The molecule has 3 N–H and O–H groups in total. The van der Waals surface area contributed by atoms with Crippen LogP contribution in [0.4, 0.5) is 0 Å². The van der Waals surface area contributed by atoms with Gasteiger partial charge in [0, 0.05) is 6.61 Å². The van der Waals surface area contributed by atoms with Crippen LogP contribution in [-0.2, 0) is 9.47 Å². The van der Waals surface area contributed by atoms with Crippen molar-refractivity contribution in [3.05, 3.63) is 12.2 Å². The number of aliphatic hydroxyl groups excluding tert-OH is 3. The second-order valence-electron chi connectivity index (χ2n) is 6.29. The third-order valence-corrected chi connectivity index (χ3v) is 4.17. The predicted octanol–water partition coefficient (Wildman–Crippen LogP) is 2.18. The molecule has 0 aromatic rings. The van der Waals surface area contributed by atoms with E-state index in [2.05, 4.69) is 19.1 Å². The summed E-state index contributed by atoms with van der Waals surface area (Å²) in [6, 6.07) is 0. The van der Waals surface area contributed by atoms with Gasteiger partial charge in [0.1, 0.15) is 24.4 Å². The van der Waals surface area contributed by atoms with Crippen molar-refractivity contribution in [3.8, 4) is 0 Å². The maximum Gasteiger partial charge on any atom is 0.114 e. The Labute approximate surface area is 140 Å². The van der Waals surface area contributed by atoms with Gasteiger partial charge in [-0.3, -0.25) is 0 Å². The van der Waals surface area contributed by atoms with E-state index in [4.69, 9.17) is 9.47 Å². The third kappa shape index (κ3) is 8.82. The lowest BCUT2D eigenvalue weighted by atomic mass is 10.1. The van der Waals surface area contributed by atoms with Gasteiger partial charge in [-0.15, -0.1) is 0 Å². The van der Waals surface area contributed by atoms with E-state index in [0.29, 0.717) is 6.61 Å². The minimum Gasteiger partial charge on any atom is -0.388 e. The maximum atomic E-state index is 9.87. The van der Waals surface area contributed by atoms with Gasteiger partial charge in [-0.25, -0.2) is 0 Å². The lowest BCUT2D eigenvalue weighted by molar-refractivity contribution is -0.0813. The van der Waals surface area contributed by atoms with Crippen LogP contribution in [0.25, 0.3) is 0 Å². The molecule has 0 aliphatic carbocycles. The van der Waals surface area contributed by atoms with Gasteiger partial charge in [0.15, 0.2) is 0 Å². The van der Waals surface area contributed by atoms with Crippen molar-refractivity contribution in [2.24, 2.45) is 0 Å². The minimum absolute atomic E-state index is 0.0666. The summed E-state index contributed by atoms with van der Waals surface area (Å²) < 4.78 is 10.6. The van der Waals surface area contributed by atoms with E-state index in [1.165, 1.54) is 32.1 Å². The Bertz CT molecular complexity index is 308. The van der Waals surface area contributed by atoms with Gasteiger partial charge >= 0.3 is 0 Å². The topological polar surface area (TPSA) is 79.2 Å². The van der Waals surface area contributed by atoms with E-state index in [1.54, 1.807) is 0 Å². The molecule has 1 fully saturated rings. The highest BCUT2D eigenvalue weighted by molar-refractivity contribution is 4.87. The standard InChI is InChI=1S/C18H34O5/c1-2-3-4-5-6-7-8-9-10-11-12-22-13-16(20)18-17(21)15(19)14-23-18/h3-4,15-21H,2,5-14H2,1H3/b4-3+/t15-,16+,17-,18-/m0/s1. The largest absolute Gasteiger partial charge is 0.388 e. The molecule has 1 rings (SSSR count). The zero-order valence-corrected chi connectivity index (χ0v) is 14.4. The maximum absolute atomic E-state index is 9.87. The van der Waals surface area contributed by atoms with Crippen molar-refractivity contribution in [1.29, 1.82) is 0 Å². The van der Waals surface area contributed by atoms with Crippen molar-refractivity contribution < 1.29 is 24.8 Å². The van der Waals surface area contributed by atoms with Gasteiger partial charge in [0.05, 0.1) is 13.2 Å². The minimum atomic E-state index is -1.03. The van der Waals surface area contributed by atoms with Gasteiger partial charge in [-0.05, 0) is 25.7 Å². The SMILES string of the molecule is CC/C=C/CCCCCCCCOC[C@@H](O)[C@@H]1OC[C@H](O)[C@@H]1O. The molecule has 0 bridgehead atoms. The molecule has 0 aromatic carbocycles. The number of ether oxygens (including phenoxy) is 2. The summed E-state index contributed by atoms with van der Waals surface area (Å²) in [5.74, 6) is 0. The molecule has 0 amide bonds.